The highest BCUT2D eigenvalue weighted by Crippen LogP contribution is 2.35. The molecule has 1 N–H and O–H groups in total. The standard InChI is InChI=1S/C13H18FNO2/c1-16-12-7-13(17-2)11(14)6-10(12)9-4-3-5-15-8-9/h6-7,9,15H,3-5,8H2,1-2H3. The van der Waals surface area contributed by atoms with Crippen LogP contribution in [0.3, 0.4) is 0 Å². The summed E-state index contributed by atoms with van der Waals surface area (Å²) in [6.45, 7) is 1.92. The maximum absolute atomic E-state index is 13.7. The average molecular weight is 239 g/mol. The first-order chi connectivity index (χ1) is 8.26. The van der Waals surface area contributed by atoms with Crippen molar-refractivity contribution in [3.05, 3.63) is 23.5 Å². The molecule has 0 saturated carbocycles. The number of nitrogens with one attached hydrogen (secondary N) is 1. The van der Waals surface area contributed by atoms with E-state index < -0.39 is 0 Å². The molecule has 0 aliphatic carbocycles. The minimum Gasteiger partial charge on any atom is -0.496 e. The van der Waals surface area contributed by atoms with E-state index in [-0.39, 0.29) is 11.6 Å². The molecule has 94 valence electrons. The fraction of sp³-hybridized carbons (Fsp3) is 0.538. The van der Waals surface area contributed by atoms with Crippen molar-refractivity contribution in [2.45, 2.75) is 18.8 Å². The van der Waals surface area contributed by atoms with Crippen LogP contribution in [0.15, 0.2) is 12.1 Å². The summed E-state index contributed by atoms with van der Waals surface area (Å²) in [5.41, 5.74) is 0.929. The molecule has 0 aromatic heterocycles. The molecule has 3 nitrogen and oxygen atoms in total. The second-order valence-corrected chi connectivity index (χ2v) is 4.27. The smallest absolute Gasteiger partial charge is 0.165 e. The molecule has 1 aromatic rings. The van der Waals surface area contributed by atoms with Crippen LogP contribution in [0.1, 0.15) is 24.3 Å². The number of halogens is 1. The predicted octanol–water partition coefficient (Wildman–Crippen LogP) is 2.31. The van der Waals surface area contributed by atoms with E-state index in [1.54, 1.807) is 13.2 Å². The summed E-state index contributed by atoms with van der Waals surface area (Å²) in [6, 6.07) is 3.16. The molecule has 1 aliphatic heterocycles. The van der Waals surface area contributed by atoms with Gasteiger partial charge in [-0.25, -0.2) is 4.39 Å². The fourth-order valence-electron chi connectivity index (χ4n) is 2.32. The topological polar surface area (TPSA) is 30.5 Å². The molecule has 4 heteroatoms. The molecule has 0 amide bonds. The van der Waals surface area contributed by atoms with Crippen LogP contribution in [-0.2, 0) is 0 Å². The van der Waals surface area contributed by atoms with Crippen molar-refractivity contribution in [1.82, 2.24) is 5.32 Å². The van der Waals surface area contributed by atoms with Gasteiger partial charge in [0.1, 0.15) is 5.75 Å². The van der Waals surface area contributed by atoms with E-state index in [1.807, 2.05) is 0 Å². The van der Waals surface area contributed by atoms with E-state index in [4.69, 9.17) is 9.47 Å². The van der Waals surface area contributed by atoms with Crippen molar-refractivity contribution in [2.75, 3.05) is 27.3 Å². The fourth-order valence-corrected chi connectivity index (χ4v) is 2.32. The Balaban J connectivity index is 2.34. The SMILES string of the molecule is COc1cc(OC)c(C2CCCNC2)cc1F. The lowest BCUT2D eigenvalue weighted by Gasteiger charge is -2.25. The van der Waals surface area contributed by atoms with E-state index in [2.05, 4.69) is 5.32 Å². The van der Waals surface area contributed by atoms with Crippen LogP contribution in [0.2, 0.25) is 0 Å². The molecule has 1 atom stereocenters. The van der Waals surface area contributed by atoms with E-state index in [0.29, 0.717) is 11.7 Å². The molecule has 1 saturated heterocycles. The van der Waals surface area contributed by atoms with Gasteiger partial charge in [-0.15, -0.1) is 0 Å². The number of methoxy groups -OCH3 is 2. The predicted molar refractivity (Wildman–Crippen MR) is 64.3 cm³/mol. The van der Waals surface area contributed by atoms with Crippen LogP contribution in [-0.4, -0.2) is 27.3 Å². The van der Waals surface area contributed by atoms with Gasteiger partial charge in [-0.2, -0.15) is 0 Å². The molecule has 1 heterocycles. The van der Waals surface area contributed by atoms with Crippen molar-refractivity contribution in [3.8, 4) is 11.5 Å². The van der Waals surface area contributed by atoms with Gasteiger partial charge in [-0.1, -0.05) is 0 Å². The highest BCUT2D eigenvalue weighted by Gasteiger charge is 2.21. The van der Waals surface area contributed by atoms with E-state index in [9.17, 15) is 4.39 Å². The number of hydrogen-bond donors (Lipinski definition) is 1. The molecule has 0 bridgehead atoms. The zero-order chi connectivity index (χ0) is 12.3. The van der Waals surface area contributed by atoms with E-state index >= 15 is 0 Å². The molecular formula is C13H18FNO2. The largest absolute Gasteiger partial charge is 0.496 e. The van der Waals surface area contributed by atoms with Crippen molar-refractivity contribution in [3.63, 3.8) is 0 Å². The highest BCUT2D eigenvalue weighted by molar-refractivity contribution is 5.44. The minimum absolute atomic E-state index is 0.231. The van der Waals surface area contributed by atoms with E-state index in [0.717, 1.165) is 31.5 Å². The Hall–Kier alpha value is -1.29. The van der Waals surface area contributed by atoms with Crippen LogP contribution in [0.5, 0.6) is 11.5 Å². The van der Waals surface area contributed by atoms with Crippen molar-refractivity contribution in [1.29, 1.82) is 0 Å². The third kappa shape index (κ3) is 2.52. The van der Waals surface area contributed by atoms with Gasteiger partial charge in [-0.3, -0.25) is 0 Å². The molecule has 0 spiro atoms. The van der Waals surface area contributed by atoms with Gasteiger partial charge >= 0.3 is 0 Å². The van der Waals surface area contributed by atoms with Gasteiger partial charge in [0, 0.05) is 24.1 Å². The summed E-state index contributed by atoms with van der Waals surface area (Å²) >= 11 is 0. The summed E-state index contributed by atoms with van der Waals surface area (Å²) in [5, 5.41) is 3.32. The van der Waals surface area contributed by atoms with Gasteiger partial charge < -0.3 is 14.8 Å². The Morgan fingerprint density at radius 2 is 2.00 bits per heavy atom. The summed E-state index contributed by atoms with van der Waals surface area (Å²) in [4.78, 5) is 0. The Labute approximate surface area is 101 Å². The van der Waals surface area contributed by atoms with Gasteiger partial charge in [0.15, 0.2) is 11.6 Å². The molecular weight excluding hydrogens is 221 g/mol. The highest BCUT2D eigenvalue weighted by atomic mass is 19.1. The third-order valence-corrected chi connectivity index (χ3v) is 3.24. The maximum atomic E-state index is 13.7. The Morgan fingerprint density at radius 3 is 2.59 bits per heavy atom. The molecule has 1 fully saturated rings. The van der Waals surface area contributed by atoms with Gasteiger partial charge in [-0.05, 0) is 25.5 Å². The van der Waals surface area contributed by atoms with Crippen molar-refractivity contribution in [2.24, 2.45) is 0 Å². The second-order valence-electron chi connectivity index (χ2n) is 4.27. The molecule has 17 heavy (non-hydrogen) atoms. The lowest BCUT2D eigenvalue weighted by molar-refractivity contribution is 0.364. The summed E-state index contributed by atoms with van der Waals surface area (Å²) < 4.78 is 24.0. The first-order valence-electron chi connectivity index (χ1n) is 5.88. The minimum atomic E-state index is -0.325. The Bertz CT molecular complexity index is 389. The van der Waals surface area contributed by atoms with Crippen molar-refractivity contribution >= 4 is 0 Å². The average Bonchev–Trinajstić information content (AvgIpc) is 2.39. The number of hydrogen-bond acceptors (Lipinski definition) is 3. The molecule has 1 aromatic carbocycles. The Morgan fingerprint density at radius 1 is 1.24 bits per heavy atom. The molecule has 2 rings (SSSR count). The van der Waals surface area contributed by atoms with Crippen molar-refractivity contribution < 1.29 is 13.9 Å². The van der Waals surface area contributed by atoms with Crippen LogP contribution >= 0.6 is 0 Å². The Kier molecular flexibility index (Phi) is 3.84. The third-order valence-electron chi connectivity index (χ3n) is 3.24. The zero-order valence-corrected chi connectivity index (χ0v) is 10.3. The number of rotatable bonds is 3. The molecule has 1 aliphatic rings. The van der Waals surface area contributed by atoms with Crippen LogP contribution < -0.4 is 14.8 Å². The van der Waals surface area contributed by atoms with Gasteiger partial charge in [0.25, 0.3) is 0 Å². The maximum Gasteiger partial charge on any atom is 0.165 e. The lowest BCUT2D eigenvalue weighted by atomic mass is 9.91. The van der Waals surface area contributed by atoms with Crippen LogP contribution in [0.4, 0.5) is 4.39 Å². The number of benzene rings is 1. The summed E-state index contributed by atoms with van der Waals surface area (Å²) in [6.07, 6.45) is 2.18. The van der Waals surface area contributed by atoms with Crippen LogP contribution in [0, 0.1) is 5.82 Å². The summed E-state index contributed by atoms with van der Waals surface area (Å²) in [7, 11) is 3.06. The first-order valence-corrected chi connectivity index (χ1v) is 5.88. The first kappa shape index (κ1) is 12.2. The lowest BCUT2D eigenvalue weighted by Crippen LogP contribution is -2.28. The van der Waals surface area contributed by atoms with Crippen LogP contribution in [0.25, 0.3) is 0 Å². The molecule has 1 unspecified atom stereocenters. The number of piperidine rings is 1. The van der Waals surface area contributed by atoms with Gasteiger partial charge in [0.2, 0.25) is 0 Å². The zero-order valence-electron chi connectivity index (χ0n) is 10.3. The monoisotopic (exact) mass is 239 g/mol. The second kappa shape index (κ2) is 5.36. The summed E-state index contributed by atoms with van der Waals surface area (Å²) in [5.74, 6) is 0.930. The van der Waals surface area contributed by atoms with E-state index in [1.165, 1.54) is 13.2 Å². The normalized spacial score (nSPS) is 20.1. The van der Waals surface area contributed by atoms with Gasteiger partial charge in [0.05, 0.1) is 14.2 Å². The quantitative estimate of drug-likeness (QED) is 0.878. The molecule has 0 radical (unpaired) electrons. The number of ether oxygens (including phenoxy) is 2.